The number of carbonyl (C=O) groups excluding carboxylic acids is 1. The number of nitrogens with zero attached hydrogens (tertiary/aromatic N) is 1. The molecule has 0 aliphatic carbocycles. The van der Waals surface area contributed by atoms with Crippen molar-refractivity contribution < 1.29 is 23.6 Å². The summed E-state index contributed by atoms with van der Waals surface area (Å²) in [5, 5.41) is 9.87. The van der Waals surface area contributed by atoms with Gasteiger partial charge in [-0.3, -0.25) is 9.00 Å². The topological polar surface area (TPSA) is 83.9 Å². The highest BCUT2D eigenvalue weighted by molar-refractivity contribution is 7.84. The van der Waals surface area contributed by atoms with Crippen molar-refractivity contribution in [1.29, 1.82) is 0 Å². The maximum Gasteiger partial charge on any atom is 0.512 e. The predicted octanol–water partition coefficient (Wildman–Crippen LogP) is 6.57. The van der Waals surface area contributed by atoms with E-state index in [1.54, 1.807) is 56.5 Å². The number of rotatable bonds is 6. The molecule has 0 aliphatic rings. The van der Waals surface area contributed by atoms with E-state index in [0.717, 1.165) is 16.9 Å². The van der Waals surface area contributed by atoms with Gasteiger partial charge < -0.3 is 14.7 Å². The van der Waals surface area contributed by atoms with Crippen molar-refractivity contribution in [3.8, 4) is 15.5 Å². The molecule has 3 rings (SSSR count). The van der Waals surface area contributed by atoms with Crippen molar-refractivity contribution >= 4 is 63.1 Å². The Labute approximate surface area is 201 Å². The van der Waals surface area contributed by atoms with Crippen molar-refractivity contribution in [1.82, 2.24) is 0 Å². The lowest BCUT2D eigenvalue weighted by Gasteiger charge is -2.27. The first-order chi connectivity index (χ1) is 15.1. The molecule has 1 heterocycles. The first-order valence-electron chi connectivity index (χ1n) is 9.35. The lowest BCUT2D eigenvalue weighted by Crippen LogP contribution is -2.37. The number of thiophene rings is 1. The van der Waals surface area contributed by atoms with Gasteiger partial charge in [0.25, 0.3) is 5.91 Å². The highest BCUT2D eigenvalue weighted by Gasteiger charge is 2.28. The maximum absolute atomic E-state index is 13.4. The Kier molecular flexibility index (Phi) is 7.61. The van der Waals surface area contributed by atoms with Crippen LogP contribution in [-0.4, -0.2) is 33.7 Å². The number of anilines is 1. The molecule has 3 aromatic rings. The van der Waals surface area contributed by atoms with Crippen LogP contribution in [0, 0.1) is 0 Å². The summed E-state index contributed by atoms with van der Waals surface area (Å²) >= 11 is 13.3. The number of halogens is 2. The van der Waals surface area contributed by atoms with E-state index in [1.165, 1.54) is 17.0 Å². The van der Waals surface area contributed by atoms with Gasteiger partial charge in [-0.05, 0) is 55.8 Å². The molecule has 32 heavy (non-hydrogen) atoms. The molecular weight excluding hydrogens is 493 g/mol. The van der Waals surface area contributed by atoms with Gasteiger partial charge in [-0.1, -0.05) is 46.7 Å². The molecule has 2 aromatic carbocycles. The first kappa shape index (κ1) is 24.3. The van der Waals surface area contributed by atoms with Gasteiger partial charge in [0.05, 0.1) is 16.3 Å². The van der Waals surface area contributed by atoms with Crippen molar-refractivity contribution in [3.63, 3.8) is 0 Å². The van der Waals surface area contributed by atoms with Gasteiger partial charge in [-0.15, -0.1) is 0 Å². The highest BCUT2D eigenvalue weighted by Crippen LogP contribution is 2.44. The van der Waals surface area contributed by atoms with Gasteiger partial charge in [-0.2, -0.15) is 0 Å². The van der Waals surface area contributed by atoms with Crippen LogP contribution in [0.25, 0.3) is 10.4 Å². The van der Waals surface area contributed by atoms with Crippen molar-refractivity contribution in [3.05, 3.63) is 64.1 Å². The Bertz CT molecular complexity index is 1190. The summed E-state index contributed by atoms with van der Waals surface area (Å²) in [5.41, 5.74) is 1.31. The minimum Gasteiger partial charge on any atom is -0.449 e. The Hall–Kier alpha value is -2.39. The third-order valence-corrected chi connectivity index (χ3v) is 7.02. The number of carbonyl (C=O) groups is 2. The fourth-order valence-electron chi connectivity index (χ4n) is 3.05. The van der Waals surface area contributed by atoms with Crippen LogP contribution in [0.4, 0.5) is 10.5 Å². The van der Waals surface area contributed by atoms with Crippen LogP contribution in [0.2, 0.25) is 10.0 Å². The molecule has 168 valence electrons. The van der Waals surface area contributed by atoms with Crippen LogP contribution < -0.4 is 9.64 Å². The number of carboxylic acid groups (broad SMARTS) is 1. The van der Waals surface area contributed by atoms with Crippen molar-refractivity contribution in [2.45, 2.75) is 24.8 Å². The van der Waals surface area contributed by atoms with Gasteiger partial charge in [0, 0.05) is 37.9 Å². The molecule has 0 saturated carbocycles. The second kappa shape index (κ2) is 10.0. The third-order valence-electron chi connectivity index (χ3n) is 4.49. The van der Waals surface area contributed by atoms with Crippen LogP contribution >= 0.6 is 34.5 Å². The summed E-state index contributed by atoms with van der Waals surface area (Å²) in [6.07, 6.45) is 0.0995. The number of amides is 1. The van der Waals surface area contributed by atoms with E-state index in [1.807, 2.05) is 0 Å². The molecule has 1 aromatic heterocycles. The zero-order valence-electron chi connectivity index (χ0n) is 17.3. The molecule has 1 N–H and O–H groups in total. The molecule has 0 aliphatic heterocycles. The molecule has 6 nitrogen and oxygen atoms in total. The first-order valence-corrected chi connectivity index (χ1v) is 12.5. The smallest absolute Gasteiger partial charge is 0.449 e. The summed E-state index contributed by atoms with van der Waals surface area (Å²) in [5.74, 6) is -0.419. The Morgan fingerprint density at radius 3 is 2.28 bits per heavy atom. The van der Waals surface area contributed by atoms with E-state index >= 15 is 0 Å². The average Bonchev–Trinajstić information content (AvgIpc) is 3.10. The van der Waals surface area contributed by atoms with Crippen molar-refractivity contribution in [2.24, 2.45) is 0 Å². The van der Waals surface area contributed by atoms with Gasteiger partial charge in [0.2, 0.25) is 5.06 Å². The number of hydrogen-bond donors (Lipinski definition) is 1. The Morgan fingerprint density at radius 1 is 1.09 bits per heavy atom. The quantitative estimate of drug-likeness (QED) is 0.378. The molecule has 10 heteroatoms. The fourth-order valence-corrected chi connectivity index (χ4v) is 5.06. The lowest BCUT2D eigenvalue weighted by molar-refractivity contribution is 0.0978. The molecule has 0 fully saturated rings. The fraction of sp³-hybridized carbons (Fsp3) is 0.182. The van der Waals surface area contributed by atoms with Crippen LogP contribution in [-0.2, 0) is 10.8 Å². The predicted molar refractivity (Wildman–Crippen MR) is 129 cm³/mol. The van der Waals surface area contributed by atoms with Gasteiger partial charge in [0.1, 0.15) is 0 Å². The average molecular weight is 512 g/mol. The third kappa shape index (κ3) is 5.32. The molecule has 0 radical (unpaired) electrons. The van der Waals surface area contributed by atoms with Crippen LogP contribution in [0.1, 0.15) is 24.2 Å². The van der Waals surface area contributed by atoms with E-state index in [4.69, 9.17) is 27.9 Å². The van der Waals surface area contributed by atoms with Gasteiger partial charge in [-0.25, -0.2) is 4.79 Å². The molecular formula is C22H19Cl2NO5S2. The standard InChI is InChI=1S/C22H19Cl2NO5S2/c1-12(2)25(20(26)16-9-6-14(23)10-17(16)24)18-11-19(31-21(18)30-22(27)28)13-4-7-15(8-5-13)32(3)29/h4-12H,1-3H3,(H,27,28). The summed E-state index contributed by atoms with van der Waals surface area (Å²) in [7, 11) is -1.12. The van der Waals surface area contributed by atoms with Crippen molar-refractivity contribution in [2.75, 3.05) is 11.2 Å². The SMILES string of the molecule is CC(C)N(C(=O)c1ccc(Cl)cc1Cl)c1cc(-c2ccc(S(C)=O)cc2)sc1OC(=O)O. The number of ether oxygens (including phenoxy) is 1. The summed E-state index contributed by atoms with van der Waals surface area (Å²) in [6.45, 7) is 3.60. The molecule has 0 bridgehead atoms. The van der Waals surface area contributed by atoms with E-state index in [0.29, 0.717) is 20.5 Å². The van der Waals surface area contributed by atoms with Gasteiger partial charge >= 0.3 is 6.16 Å². The zero-order valence-corrected chi connectivity index (χ0v) is 20.4. The minimum atomic E-state index is -1.49. The molecule has 1 unspecified atom stereocenters. The largest absolute Gasteiger partial charge is 0.512 e. The Balaban J connectivity index is 2.10. The van der Waals surface area contributed by atoms with E-state index in [9.17, 15) is 18.9 Å². The minimum absolute atomic E-state index is 0.0581. The Morgan fingerprint density at radius 2 is 1.75 bits per heavy atom. The van der Waals surface area contributed by atoms with Crippen LogP contribution in [0.3, 0.4) is 0 Å². The van der Waals surface area contributed by atoms with Gasteiger partial charge in [0.15, 0.2) is 0 Å². The van der Waals surface area contributed by atoms with E-state index in [-0.39, 0.29) is 21.7 Å². The molecule has 0 spiro atoms. The summed E-state index contributed by atoms with van der Waals surface area (Å²) in [6, 6.07) is 13.0. The number of benzene rings is 2. The summed E-state index contributed by atoms with van der Waals surface area (Å²) in [4.78, 5) is 27.5. The monoisotopic (exact) mass is 511 g/mol. The molecule has 1 amide bonds. The number of hydrogen-bond acceptors (Lipinski definition) is 5. The normalized spacial score (nSPS) is 11.9. The van der Waals surface area contributed by atoms with Crippen LogP contribution in [0.5, 0.6) is 5.06 Å². The summed E-state index contributed by atoms with van der Waals surface area (Å²) < 4.78 is 16.7. The maximum atomic E-state index is 13.4. The van der Waals surface area contributed by atoms with Crippen LogP contribution in [0.15, 0.2) is 53.4 Å². The molecule has 1 atom stereocenters. The zero-order chi connectivity index (χ0) is 23.6. The second-order valence-electron chi connectivity index (χ2n) is 7.02. The van der Waals surface area contributed by atoms with E-state index < -0.39 is 22.9 Å². The van der Waals surface area contributed by atoms with E-state index in [2.05, 4.69) is 0 Å². The lowest BCUT2D eigenvalue weighted by atomic mass is 10.1. The second-order valence-corrected chi connectivity index (χ2v) is 10.3. The molecule has 0 saturated heterocycles. The highest BCUT2D eigenvalue weighted by atomic mass is 35.5.